The first kappa shape index (κ1) is 12.7. The number of carboxylic acids is 1. The molecule has 5 nitrogen and oxygen atoms in total. The van der Waals surface area contributed by atoms with Gasteiger partial charge in [0.15, 0.2) is 11.5 Å². The fourth-order valence-electron chi connectivity index (χ4n) is 2.43. The number of nitrogens with zero attached hydrogens (tertiary/aromatic N) is 1. The van der Waals surface area contributed by atoms with Gasteiger partial charge in [0.25, 0.3) is 0 Å². The molecule has 20 heavy (non-hydrogen) atoms. The summed E-state index contributed by atoms with van der Waals surface area (Å²) < 4.78 is 11.0. The third-order valence-electron chi connectivity index (χ3n) is 3.45. The van der Waals surface area contributed by atoms with Gasteiger partial charge in [0.1, 0.15) is 5.75 Å². The Balaban J connectivity index is 1.80. The maximum Gasteiger partial charge on any atom is 0.358 e. The molecule has 1 aromatic heterocycles. The van der Waals surface area contributed by atoms with Crippen LogP contribution >= 0.6 is 0 Å². The van der Waals surface area contributed by atoms with E-state index in [0.29, 0.717) is 5.76 Å². The second kappa shape index (κ2) is 5.36. The Morgan fingerprint density at radius 3 is 2.80 bits per heavy atom. The SMILES string of the molecule is O=C(O)c1cc(-c2cccc(OC3CCCC3)c2)on1. The van der Waals surface area contributed by atoms with E-state index in [1.165, 1.54) is 18.9 Å². The molecule has 1 fully saturated rings. The lowest BCUT2D eigenvalue weighted by atomic mass is 10.1. The Bertz CT molecular complexity index is 614. The highest BCUT2D eigenvalue weighted by atomic mass is 16.5. The zero-order valence-corrected chi connectivity index (χ0v) is 10.9. The first-order valence-corrected chi connectivity index (χ1v) is 6.69. The van der Waals surface area contributed by atoms with Crippen molar-refractivity contribution >= 4 is 5.97 Å². The van der Waals surface area contributed by atoms with Crippen molar-refractivity contribution in [1.29, 1.82) is 0 Å². The summed E-state index contributed by atoms with van der Waals surface area (Å²) in [5.41, 5.74) is 0.669. The van der Waals surface area contributed by atoms with Gasteiger partial charge < -0.3 is 14.4 Å². The molecule has 1 aromatic carbocycles. The van der Waals surface area contributed by atoms with Crippen LogP contribution in [0.25, 0.3) is 11.3 Å². The van der Waals surface area contributed by atoms with E-state index in [-0.39, 0.29) is 11.8 Å². The molecule has 1 N–H and O–H groups in total. The topological polar surface area (TPSA) is 72.6 Å². The minimum Gasteiger partial charge on any atom is -0.490 e. The Kier molecular flexibility index (Phi) is 3.41. The van der Waals surface area contributed by atoms with Crippen molar-refractivity contribution in [3.8, 4) is 17.1 Å². The molecule has 5 heteroatoms. The van der Waals surface area contributed by atoms with Crippen molar-refractivity contribution in [2.24, 2.45) is 0 Å². The van der Waals surface area contributed by atoms with Crippen molar-refractivity contribution in [2.75, 3.05) is 0 Å². The molecule has 1 heterocycles. The second-order valence-electron chi connectivity index (χ2n) is 4.93. The van der Waals surface area contributed by atoms with Crippen LogP contribution in [0.4, 0.5) is 0 Å². The van der Waals surface area contributed by atoms with E-state index >= 15 is 0 Å². The fourth-order valence-corrected chi connectivity index (χ4v) is 2.43. The predicted molar refractivity (Wildman–Crippen MR) is 71.8 cm³/mol. The molecule has 0 amide bonds. The third-order valence-corrected chi connectivity index (χ3v) is 3.45. The summed E-state index contributed by atoms with van der Waals surface area (Å²) in [5.74, 6) is 0.111. The summed E-state index contributed by atoms with van der Waals surface area (Å²) in [5, 5.41) is 12.4. The molecule has 0 saturated heterocycles. The van der Waals surface area contributed by atoms with Crippen molar-refractivity contribution in [2.45, 2.75) is 31.8 Å². The number of ether oxygens (including phenoxy) is 1. The molecule has 0 spiro atoms. The maximum absolute atomic E-state index is 10.8. The summed E-state index contributed by atoms with van der Waals surface area (Å²) in [6, 6.07) is 8.87. The number of carbonyl (C=O) groups is 1. The number of aromatic carboxylic acids is 1. The van der Waals surface area contributed by atoms with Gasteiger partial charge in [-0.2, -0.15) is 0 Å². The number of hydrogen-bond donors (Lipinski definition) is 1. The van der Waals surface area contributed by atoms with Gasteiger partial charge in [-0.05, 0) is 37.8 Å². The van der Waals surface area contributed by atoms with E-state index in [2.05, 4.69) is 5.16 Å². The Morgan fingerprint density at radius 1 is 1.30 bits per heavy atom. The van der Waals surface area contributed by atoms with E-state index in [1.807, 2.05) is 24.3 Å². The fraction of sp³-hybridized carbons (Fsp3) is 0.333. The number of benzene rings is 1. The smallest absolute Gasteiger partial charge is 0.358 e. The van der Waals surface area contributed by atoms with Gasteiger partial charge in [-0.3, -0.25) is 0 Å². The van der Waals surface area contributed by atoms with Crippen LogP contribution in [-0.4, -0.2) is 22.3 Å². The molecular formula is C15H15NO4. The van der Waals surface area contributed by atoms with Gasteiger partial charge in [-0.25, -0.2) is 4.79 Å². The predicted octanol–water partition coefficient (Wildman–Crippen LogP) is 3.36. The average molecular weight is 273 g/mol. The summed E-state index contributed by atoms with van der Waals surface area (Å²) in [7, 11) is 0. The highest BCUT2D eigenvalue weighted by Crippen LogP contribution is 2.28. The van der Waals surface area contributed by atoms with Gasteiger partial charge in [0.05, 0.1) is 6.10 Å². The normalized spacial score (nSPS) is 15.4. The molecule has 1 saturated carbocycles. The van der Waals surface area contributed by atoms with Crippen molar-refractivity contribution in [3.05, 3.63) is 36.0 Å². The quantitative estimate of drug-likeness (QED) is 0.924. The summed E-state index contributed by atoms with van der Waals surface area (Å²) in [4.78, 5) is 10.8. The lowest BCUT2D eigenvalue weighted by Gasteiger charge is -2.13. The van der Waals surface area contributed by atoms with Crippen LogP contribution in [0.5, 0.6) is 5.75 Å². The highest BCUT2D eigenvalue weighted by Gasteiger charge is 2.17. The average Bonchev–Trinajstić information content (AvgIpc) is 3.09. The largest absolute Gasteiger partial charge is 0.490 e. The molecule has 0 radical (unpaired) electrons. The van der Waals surface area contributed by atoms with Crippen LogP contribution in [0.3, 0.4) is 0 Å². The molecule has 0 atom stereocenters. The third kappa shape index (κ3) is 2.66. The molecule has 0 bridgehead atoms. The zero-order valence-electron chi connectivity index (χ0n) is 10.9. The molecule has 1 aliphatic rings. The maximum atomic E-state index is 10.8. The highest BCUT2D eigenvalue weighted by molar-refractivity contribution is 5.86. The van der Waals surface area contributed by atoms with Gasteiger partial charge in [0.2, 0.25) is 0 Å². The van der Waals surface area contributed by atoms with Crippen molar-refractivity contribution < 1.29 is 19.2 Å². The van der Waals surface area contributed by atoms with Crippen LogP contribution in [0.15, 0.2) is 34.9 Å². The molecule has 0 unspecified atom stereocenters. The van der Waals surface area contributed by atoms with Crippen LogP contribution in [0.2, 0.25) is 0 Å². The van der Waals surface area contributed by atoms with E-state index in [9.17, 15) is 4.79 Å². The monoisotopic (exact) mass is 273 g/mol. The van der Waals surface area contributed by atoms with Crippen molar-refractivity contribution in [1.82, 2.24) is 5.16 Å². The van der Waals surface area contributed by atoms with Crippen LogP contribution in [0.1, 0.15) is 36.2 Å². The van der Waals surface area contributed by atoms with E-state index < -0.39 is 5.97 Å². The van der Waals surface area contributed by atoms with Crippen LogP contribution in [0, 0.1) is 0 Å². The van der Waals surface area contributed by atoms with E-state index in [0.717, 1.165) is 24.2 Å². The minimum atomic E-state index is -1.10. The van der Waals surface area contributed by atoms with E-state index in [4.69, 9.17) is 14.4 Å². The summed E-state index contributed by atoms with van der Waals surface area (Å²) in [6.07, 6.45) is 4.91. The summed E-state index contributed by atoms with van der Waals surface area (Å²) >= 11 is 0. The Labute approximate surface area is 116 Å². The number of rotatable bonds is 4. The molecule has 2 aromatic rings. The van der Waals surface area contributed by atoms with Crippen LogP contribution < -0.4 is 4.74 Å². The Hall–Kier alpha value is -2.30. The summed E-state index contributed by atoms with van der Waals surface area (Å²) in [6.45, 7) is 0. The zero-order chi connectivity index (χ0) is 13.9. The number of carboxylic acid groups (broad SMARTS) is 1. The van der Waals surface area contributed by atoms with Crippen molar-refractivity contribution in [3.63, 3.8) is 0 Å². The Morgan fingerprint density at radius 2 is 2.10 bits per heavy atom. The first-order chi connectivity index (χ1) is 9.72. The van der Waals surface area contributed by atoms with Gasteiger partial charge in [-0.15, -0.1) is 0 Å². The lowest BCUT2D eigenvalue weighted by Crippen LogP contribution is -2.10. The van der Waals surface area contributed by atoms with Gasteiger partial charge in [0, 0.05) is 11.6 Å². The second-order valence-corrected chi connectivity index (χ2v) is 4.93. The molecular weight excluding hydrogens is 258 g/mol. The molecule has 1 aliphatic carbocycles. The van der Waals surface area contributed by atoms with Crippen LogP contribution in [-0.2, 0) is 0 Å². The minimum absolute atomic E-state index is 0.0953. The lowest BCUT2D eigenvalue weighted by molar-refractivity contribution is 0.0686. The van der Waals surface area contributed by atoms with Gasteiger partial charge in [-0.1, -0.05) is 17.3 Å². The van der Waals surface area contributed by atoms with Gasteiger partial charge >= 0.3 is 5.97 Å². The number of aromatic nitrogens is 1. The van der Waals surface area contributed by atoms with E-state index in [1.54, 1.807) is 0 Å². The first-order valence-electron chi connectivity index (χ1n) is 6.69. The molecule has 104 valence electrons. The molecule has 0 aliphatic heterocycles. The number of hydrogen-bond acceptors (Lipinski definition) is 4. The standard InChI is InChI=1S/C15H15NO4/c17-15(18)13-9-14(20-16-13)10-4-3-7-12(8-10)19-11-5-1-2-6-11/h3-4,7-9,11H,1-2,5-6H2,(H,17,18). The molecule has 3 rings (SSSR count).